The van der Waals surface area contributed by atoms with Crippen LogP contribution in [0.25, 0.3) is 21.0 Å². The Morgan fingerprint density at radius 1 is 1.26 bits per heavy atom. The maximum atomic E-state index is 8.55. The molecule has 31 heavy (non-hydrogen) atoms. The Bertz CT molecular complexity index is 1030. The summed E-state index contributed by atoms with van der Waals surface area (Å²) in [5, 5.41) is 16.2. The van der Waals surface area contributed by atoms with Gasteiger partial charge in [0.1, 0.15) is 10.8 Å². The maximum absolute atomic E-state index is 8.55. The Labute approximate surface area is 187 Å². The SMILES string of the molecule is CNc1cc(-c2ncc(-c3cccc4c3CC[C@@H]4NCCOO)s2)ccc1OC(C)C. The normalized spacial score (nSPS) is 15.3. The molecule has 0 amide bonds. The number of ether oxygens (including phenoxy) is 1. The lowest BCUT2D eigenvalue weighted by molar-refractivity contribution is -0.240. The lowest BCUT2D eigenvalue weighted by Gasteiger charge is -2.14. The van der Waals surface area contributed by atoms with Crippen molar-refractivity contribution in [2.75, 3.05) is 25.5 Å². The van der Waals surface area contributed by atoms with Gasteiger partial charge in [-0.05, 0) is 61.6 Å². The van der Waals surface area contributed by atoms with Crippen LogP contribution in [0.1, 0.15) is 37.4 Å². The summed E-state index contributed by atoms with van der Waals surface area (Å²) in [6, 6.07) is 13.0. The molecule has 0 saturated heterocycles. The highest BCUT2D eigenvalue weighted by Crippen LogP contribution is 2.41. The minimum absolute atomic E-state index is 0.124. The zero-order valence-electron chi connectivity index (χ0n) is 18.1. The average molecular weight is 440 g/mol. The van der Waals surface area contributed by atoms with Crippen molar-refractivity contribution in [1.82, 2.24) is 10.3 Å². The van der Waals surface area contributed by atoms with E-state index in [9.17, 15) is 0 Å². The number of nitrogens with one attached hydrogen (secondary N) is 2. The molecule has 7 heteroatoms. The van der Waals surface area contributed by atoms with Gasteiger partial charge in [-0.3, -0.25) is 5.26 Å². The van der Waals surface area contributed by atoms with Crippen LogP contribution in [-0.2, 0) is 11.3 Å². The molecule has 0 saturated carbocycles. The van der Waals surface area contributed by atoms with Gasteiger partial charge >= 0.3 is 0 Å². The fraction of sp³-hybridized carbons (Fsp3) is 0.375. The summed E-state index contributed by atoms with van der Waals surface area (Å²) in [6.45, 7) is 4.97. The number of aromatic nitrogens is 1. The van der Waals surface area contributed by atoms with Gasteiger partial charge in [-0.1, -0.05) is 18.2 Å². The highest BCUT2D eigenvalue weighted by atomic mass is 32.1. The van der Waals surface area contributed by atoms with Crippen molar-refractivity contribution < 1.29 is 14.9 Å². The lowest BCUT2D eigenvalue weighted by Crippen LogP contribution is -2.23. The Kier molecular flexibility index (Phi) is 6.87. The van der Waals surface area contributed by atoms with Crippen LogP contribution in [0.2, 0.25) is 0 Å². The molecule has 1 aliphatic rings. The zero-order valence-corrected chi connectivity index (χ0v) is 19.0. The summed E-state index contributed by atoms with van der Waals surface area (Å²) in [4.78, 5) is 10.1. The summed E-state index contributed by atoms with van der Waals surface area (Å²) in [5.41, 5.74) is 6.02. The molecule has 2 aromatic carbocycles. The van der Waals surface area contributed by atoms with Crippen LogP contribution in [0.15, 0.2) is 42.6 Å². The van der Waals surface area contributed by atoms with Crippen LogP contribution in [0.3, 0.4) is 0 Å². The standard InChI is InChI=1S/C24H29N3O3S/c1-15(2)30-22-10-7-16(13-21(22)25-3)24-27-14-23(31-24)19-6-4-5-18-17(19)8-9-20(18)26-11-12-29-28/h4-7,10,13-15,20,25-26,28H,8-9,11-12H2,1-3H3/t20-/m0/s1. The zero-order chi connectivity index (χ0) is 21.8. The molecule has 6 nitrogen and oxygen atoms in total. The third-order valence-electron chi connectivity index (χ3n) is 5.48. The van der Waals surface area contributed by atoms with Crippen molar-refractivity contribution in [3.8, 4) is 26.8 Å². The molecular weight excluding hydrogens is 410 g/mol. The summed E-state index contributed by atoms with van der Waals surface area (Å²) >= 11 is 1.71. The van der Waals surface area contributed by atoms with E-state index in [-0.39, 0.29) is 6.10 Å². The van der Waals surface area contributed by atoms with E-state index in [1.54, 1.807) is 11.3 Å². The number of fused-ring (bicyclic) bond motifs is 1. The summed E-state index contributed by atoms with van der Waals surface area (Å²) < 4.78 is 5.89. The smallest absolute Gasteiger partial charge is 0.142 e. The van der Waals surface area contributed by atoms with E-state index in [0.717, 1.165) is 34.8 Å². The fourth-order valence-electron chi connectivity index (χ4n) is 4.12. The highest BCUT2D eigenvalue weighted by Gasteiger charge is 2.25. The monoisotopic (exact) mass is 439 g/mol. The van der Waals surface area contributed by atoms with Crippen molar-refractivity contribution in [3.63, 3.8) is 0 Å². The van der Waals surface area contributed by atoms with Gasteiger partial charge in [-0.25, -0.2) is 9.87 Å². The fourth-order valence-corrected chi connectivity index (χ4v) is 5.09. The van der Waals surface area contributed by atoms with Gasteiger partial charge in [0.25, 0.3) is 0 Å². The van der Waals surface area contributed by atoms with E-state index in [2.05, 4.69) is 45.9 Å². The summed E-state index contributed by atoms with van der Waals surface area (Å²) in [6.07, 6.45) is 4.18. The lowest BCUT2D eigenvalue weighted by atomic mass is 10.0. The molecule has 3 N–H and O–H groups in total. The van der Waals surface area contributed by atoms with Crippen LogP contribution >= 0.6 is 11.3 Å². The minimum Gasteiger partial charge on any atom is -0.489 e. The minimum atomic E-state index is 0.124. The molecule has 0 radical (unpaired) electrons. The van der Waals surface area contributed by atoms with Crippen LogP contribution < -0.4 is 15.4 Å². The number of hydrogen-bond acceptors (Lipinski definition) is 7. The Morgan fingerprint density at radius 2 is 2.13 bits per heavy atom. The third-order valence-corrected chi connectivity index (χ3v) is 6.56. The molecule has 164 valence electrons. The second-order valence-electron chi connectivity index (χ2n) is 7.91. The summed E-state index contributed by atoms with van der Waals surface area (Å²) in [7, 11) is 1.91. The Morgan fingerprint density at radius 3 is 2.90 bits per heavy atom. The first kappa shape index (κ1) is 21.8. The predicted octanol–water partition coefficient (Wildman–Crippen LogP) is 5.37. The molecule has 1 aliphatic carbocycles. The first-order valence-electron chi connectivity index (χ1n) is 10.7. The highest BCUT2D eigenvalue weighted by molar-refractivity contribution is 7.18. The number of anilines is 1. The van der Waals surface area contributed by atoms with Crippen molar-refractivity contribution in [2.24, 2.45) is 0 Å². The van der Waals surface area contributed by atoms with E-state index in [4.69, 9.17) is 15.0 Å². The molecule has 1 aromatic heterocycles. The van der Waals surface area contributed by atoms with E-state index >= 15 is 0 Å². The number of benzene rings is 2. The van der Waals surface area contributed by atoms with Crippen molar-refractivity contribution in [1.29, 1.82) is 0 Å². The molecular formula is C24H29N3O3S. The molecule has 1 atom stereocenters. The van der Waals surface area contributed by atoms with Gasteiger partial charge < -0.3 is 15.4 Å². The Hall–Kier alpha value is -2.45. The van der Waals surface area contributed by atoms with Crippen LogP contribution in [0.4, 0.5) is 5.69 Å². The largest absolute Gasteiger partial charge is 0.489 e. The van der Waals surface area contributed by atoms with Gasteiger partial charge in [0.15, 0.2) is 0 Å². The van der Waals surface area contributed by atoms with Crippen LogP contribution in [0, 0.1) is 0 Å². The topological polar surface area (TPSA) is 75.6 Å². The van der Waals surface area contributed by atoms with E-state index in [1.165, 1.54) is 21.6 Å². The van der Waals surface area contributed by atoms with E-state index in [0.29, 0.717) is 19.2 Å². The van der Waals surface area contributed by atoms with Crippen LogP contribution in [0.5, 0.6) is 5.75 Å². The van der Waals surface area contributed by atoms with Gasteiger partial charge in [0.05, 0.1) is 23.3 Å². The summed E-state index contributed by atoms with van der Waals surface area (Å²) in [5.74, 6) is 0.851. The second-order valence-corrected chi connectivity index (χ2v) is 8.94. The van der Waals surface area contributed by atoms with Gasteiger partial charge in [-0.2, -0.15) is 0 Å². The molecule has 0 spiro atoms. The van der Waals surface area contributed by atoms with Gasteiger partial charge in [-0.15, -0.1) is 11.3 Å². The molecule has 0 fully saturated rings. The van der Waals surface area contributed by atoms with Crippen molar-refractivity contribution in [3.05, 3.63) is 53.7 Å². The molecule has 0 aliphatic heterocycles. The average Bonchev–Trinajstić information content (AvgIpc) is 3.41. The molecule has 0 unspecified atom stereocenters. The van der Waals surface area contributed by atoms with Gasteiger partial charge in [0.2, 0.25) is 0 Å². The second kappa shape index (κ2) is 9.78. The number of rotatable bonds is 9. The molecule has 1 heterocycles. The van der Waals surface area contributed by atoms with Crippen molar-refractivity contribution >= 4 is 17.0 Å². The number of hydrogen-bond donors (Lipinski definition) is 3. The maximum Gasteiger partial charge on any atom is 0.142 e. The first-order chi connectivity index (χ1) is 15.1. The number of thiazole rings is 1. The van der Waals surface area contributed by atoms with E-state index in [1.807, 2.05) is 33.2 Å². The van der Waals surface area contributed by atoms with Gasteiger partial charge in [0, 0.05) is 31.4 Å². The molecule has 0 bridgehead atoms. The van der Waals surface area contributed by atoms with Crippen molar-refractivity contribution in [2.45, 2.75) is 38.8 Å². The quantitative estimate of drug-likeness (QED) is 0.236. The molecule has 4 rings (SSSR count). The Balaban J connectivity index is 1.59. The number of nitrogens with zero attached hydrogens (tertiary/aromatic N) is 1. The predicted molar refractivity (Wildman–Crippen MR) is 126 cm³/mol. The molecule has 3 aromatic rings. The first-order valence-corrected chi connectivity index (χ1v) is 11.5. The van der Waals surface area contributed by atoms with E-state index < -0.39 is 0 Å². The third kappa shape index (κ3) is 4.75. The van der Waals surface area contributed by atoms with Crippen LogP contribution in [-0.4, -0.2) is 36.5 Å².